The topological polar surface area (TPSA) is 69.2 Å². The Labute approximate surface area is 112 Å². The Bertz CT molecular complexity index is 595. The summed E-state index contributed by atoms with van der Waals surface area (Å²) in [5.41, 5.74) is 9.36. The number of hydrogen-bond donors (Lipinski definition) is 1. The zero-order chi connectivity index (χ0) is 13.8. The van der Waals surface area contributed by atoms with Gasteiger partial charge >= 0.3 is 0 Å². The van der Waals surface area contributed by atoms with Crippen LogP contribution in [0.1, 0.15) is 18.9 Å². The molecular formula is C15H16N2O2. The maximum atomic E-state index is 11.0. The van der Waals surface area contributed by atoms with E-state index in [0.717, 1.165) is 29.5 Å². The molecule has 0 aromatic heterocycles. The molecule has 4 heteroatoms. The Morgan fingerprint density at radius 2 is 1.89 bits per heavy atom. The lowest BCUT2D eigenvalue weighted by Crippen LogP contribution is -2.00. The van der Waals surface area contributed by atoms with Crippen LogP contribution in [-0.2, 0) is 6.42 Å². The largest absolute Gasteiger partial charge is 0.398 e. The number of rotatable bonds is 4. The van der Waals surface area contributed by atoms with Crippen molar-refractivity contribution in [1.29, 1.82) is 0 Å². The first-order valence-electron chi connectivity index (χ1n) is 6.25. The highest BCUT2D eigenvalue weighted by Crippen LogP contribution is 2.33. The molecule has 0 unspecified atom stereocenters. The number of aryl methyl sites for hydroxylation is 1. The molecule has 0 amide bonds. The van der Waals surface area contributed by atoms with Crippen LogP contribution in [-0.4, -0.2) is 4.92 Å². The normalized spacial score (nSPS) is 10.4. The molecule has 0 bridgehead atoms. The number of nitro benzene ring substituents is 1. The van der Waals surface area contributed by atoms with Crippen molar-refractivity contribution in [1.82, 2.24) is 0 Å². The van der Waals surface area contributed by atoms with Crippen molar-refractivity contribution < 1.29 is 4.92 Å². The highest BCUT2D eigenvalue weighted by Gasteiger charge is 2.15. The molecule has 0 aliphatic rings. The van der Waals surface area contributed by atoms with Crippen LogP contribution in [0.2, 0.25) is 0 Å². The Hall–Kier alpha value is -2.36. The summed E-state index contributed by atoms with van der Waals surface area (Å²) in [6, 6.07) is 12.6. The van der Waals surface area contributed by atoms with Gasteiger partial charge in [-0.25, -0.2) is 0 Å². The Morgan fingerprint density at radius 3 is 2.47 bits per heavy atom. The van der Waals surface area contributed by atoms with E-state index in [1.165, 1.54) is 0 Å². The molecule has 0 atom stereocenters. The maximum absolute atomic E-state index is 11.0. The summed E-state index contributed by atoms with van der Waals surface area (Å²) in [5.74, 6) is 0. The van der Waals surface area contributed by atoms with Gasteiger partial charge in [0.1, 0.15) is 0 Å². The summed E-state index contributed by atoms with van der Waals surface area (Å²) in [7, 11) is 0. The lowest BCUT2D eigenvalue weighted by Gasteiger charge is -2.11. The molecule has 0 spiro atoms. The van der Waals surface area contributed by atoms with Gasteiger partial charge in [0.15, 0.2) is 0 Å². The van der Waals surface area contributed by atoms with E-state index in [4.69, 9.17) is 5.73 Å². The van der Waals surface area contributed by atoms with Crippen molar-refractivity contribution in [2.75, 3.05) is 5.73 Å². The molecule has 0 radical (unpaired) electrons. The van der Waals surface area contributed by atoms with Gasteiger partial charge < -0.3 is 5.73 Å². The van der Waals surface area contributed by atoms with Crippen LogP contribution in [0.25, 0.3) is 11.1 Å². The number of benzene rings is 2. The molecule has 0 aliphatic heterocycles. The number of nitro groups is 1. The van der Waals surface area contributed by atoms with E-state index in [1.807, 2.05) is 37.3 Å². The third kappa shape index (κ3) is 2.73. The summed E-state index contributed by atoms with van der Waals surface area (Å²) in [6.07, 6.45) is 1.65. The predicted octanol–water partition coefficient (Wildman–Crippen LogP) is 3.80. The molecule has 2 aromatic rings. The van der Waals surface area contributed by atoms with E-state index >= 15 is 0 Å². The van der Waals surface area contributed by atoms with Crippen molar-refractivity contribution in [3.63, 3.8) is 0 Å². The van der Waals surface area contributed by atoms with Gasteiger partial charge in [-0.2, -0.15) is 0 Å². The van der Waals surface area contributed by atoms with E-state index in [0.29, 0.717) is 5.69 Å². The van der Waals surface area contributed by atoms with Gasteiger partial charge in [0, 0.05) is 23.4 Å². The SMILES string of the molecule is CCCc1cc([N+](=O)[O-])cc(-c2ccccc2)c1N. The molecule has 0 saturated heterocycles. The second-order valence-electron chi connectivity index (χ2n) is 4.44. The van der Waals surface area contributed by atoms with Gasteiger partial charge in [-0.05, 0) is 17.5 Å². The first-order chi connectivity index (χ1) is 9.13. The van der Waals surface area contributed by atoms with Crippen LogP contribution in [0.3, 0.4) is 0 Å². The van der Waals surface area contributed by atoms with Gasteiger partial charge in [0.05, 0.1) is 4.92 Å². The fraction of sp³-hybridized carbons (Fsp3) is 0.200. The zero-order valence-corrected chi connectivity index (χ0v) is 10.8. The standard InChI is InChI=1S/C15H16N2O2/c1-2-6-12-9-13(17(18)19)10-14(15(12)16)11-7-4-3-5-8-11/h3-5,7-10H,2,6,16H2,1H3. The fourth-order valence-electron chi connectivity index (χ4n) is 2.13. The quantitative estimate of drug-likeness (QED) is 0.514. The minimum Gasteiger partial charge on any atom is -0.398 e. The second kappa shape index (κ2) is 5.52. The monoisotopic (exact) mass is 256 g/mol. The Balaban J connectivity index is 2.62. The lowest BCUT2D eigenvalue weighted by atomic mass is 9.97. The molecule has 0 aliphatic carbocycles. The van der Waals surface area contributed by atoms with E-state index < -0.39 is 0 Å². The van der Waals surface area contributed by atoms with Crippen molar-refractivity contribution >= 4 is 11.4 Å². The fourth-order valence-corrected chi connectivity index (χ4v) is 2.13. The van der Waals surface area contributed by atoms with Gasteiger partial charge in [-0.15, -0.1) is 0 Å². The van der Waals surface area contributed by atoms with E-state index in [-0.39, 0.29) is 10.6 Å². The zero-order valence-electron chi connectivity index (χ0n) is 10.8. The molecule has 0 heterocycles. The van der Waals surface area contributed by atoms with Crippen LogP contribution >= 0.6 is 0 Å². The van der Waals surface area contributed by atoms with Crippen molar-refractivity contribution in [3.8, 4) is 11.1 Å². The third-order valence-electron chi connectivity index (χ3n) is 3.07. The highest BCUT2D eigenvalue weighted by atomic mass is 16.6. The predicted molar refractivity (Wildman–Crippen MR) is 76.9 cm³/mol. The Kier molecular flexibility index (Phi) is 3.80. The van der Waals surface area contributed by atoms with E-state index in [2.05, 4.69) is 0 Å². The number of nitrogens with two attached hydrogens (primary N) is 1. The minimum absolute atomic E-state index is 0.0940. The number of anilines is 1. The van der Waals surface area contributed by atoms with E-state index in [9.17, 15) is 10.1 Å². The average molecular weight is 256 g/mol. The number of nitrogens with zero attached hydrogens (tertiary/aromatic N) is 1. The summed E-state index contributed by atoms with van der Waals surface area (Å²) in [5, 5.41) is 11.0. The lowest BCUT2D eigenvalue weighted by molar-refractivity contribution is -0.384. The van der Waals surface area contributed by atoms with Gasteiger partial charge in [-0.1, -0.05) is 43.7 Å². The molecule has 4 nitrogen and oxygen atoms in total. The number of hydrogen-bond acceptors (Lipinski definition) is 3. The molecule has 98 valence electrons. The molecule has 19 heavy (non-hydrogen) atoms. The third-order valence-corrected chi connectivity index (χ3v) is 3.07. The maximum Gasteiger partial charge on any atom is 0.270 e. The van der Waals surface area contributed by atoms with Crippen LogP contribution in [0, 0.1) is 10.1 Å². The first kappa shape index (κ1) is 13.1. The van der Waals surface area contributed by atoms with Crippen molar-refractivity contribution in [2.45, 2.75) is 19.8 Å². The van der Waals surface area contributed by atoms with Crippen molar-refractivity contribution in [3.05, 3.63) is 58.1 Å². The van der Waals surface area contributed by atoms with Crippen molar-refractivity contribution in [2.24, 2.45) is 0 Å². The second-order valence-corrected chi connectivity index (χ2v) is 4.44. The van der Waals surface area contributed by atoms with Crippen LogP contribution in [0.15, 0.2) is 42.5 Å². The summed E-state index contributed by atoms with van der Waals surface area (Å²) in [4.78, 5) is 10.6. The van der Waals surface area contributed by atoms with Crippen LogP contribution in [0.5, 0.6) is 0 Å². The molecule has 0 saturated carbocycles. The summed E-state index contributed by atoms with van der Waals surface area (Å²) in [6.45, 7) is 2.03. The molecule has 0 fully saturated rings. The first-order valence-corrected chi connectivity index (χ1v) is 6.25. The molecular weight excluding hydrogens is 240 g/mol. The molecule has 2 N–H and O–H groups in total. The van der Waals surface area contributed by atoms with Gasteiger partial charge in [0.2, 0.25) is 0 Å². The van der Waals surface area contributed by atoms with Gasteiger partial charge in [-0.3, -0.25) is 10.1 Å². The van der Waals surface area contributed by atoms with Crippen LogP contribution < -0.4 is 5.73 Å². The number of nitrogen functional groups attached to an aromatic ring is 1. The minimum atomic E-state index is -0.370. The molecule has 2 aromatic carbocycles. The smallest absolute Gasteiger partial charge is 0.270 e. The number of non-ortho nitro benzene ring substituents is 1. The molecule has 2 rings (SSSR count). The average Bonchev–Trinajstić information content (AvgIpc) is 2.42. The van der Waals surface area contributed by atoms with Crippen LogP contribution in [0.4, 0.5) is 11.4 Å². The Morgan fingerprint density at radius 1 is 1.21 bits per heavy atom. The summed E-state index contributed by atoms with van der Waals surface area (Å²) >= 11 is 0. The highest BCUT2D eigenvalue weighted by molar-refractivity contribution is 5.80. The summed E-state index contributed by atoms with van der Waals surface area (Å²) < 4.78 is 0. The van der Waals surface area contributed by atoms with Gasteiger partial charge in [0.25, 0.3) is 5.69 Å². The van der Waals surface area contributed by atoms with E-state index in [1.54, 1.807) is 12.1 Å².